The van der Waals surface area contributed by atoms with Crippen LogP contribution in [0, 0.1) is 23.7 Å². The van der Waals surface area contributed by atoms with Crippen molar-refractivity contribution in [2.24, 2.45) is 29.4 Å². The molecule has 1 aromatic carbocycles. The fourth-order valence-electron chi connectivity index (χ4n) is 6.56. The Morgan fingerprint density at radius 2 is 1.86 bits per heavy atom. The second kappa shape index (κ2) is 9.61. The molecule has 3 aliphatic carbocycles. The number of hydrogen-bond acceptors (Lipinski definition) is 8. The molecule has 9 nitrogen and oxygen atoms in total. The first kappa shape index (κ1) is 26.9. The summed E-state index contributed by atoms with van der Waals surface area (Å²) in [6.45, 7) is 4.10. The first-order chi connectivity index (χ1) is 17.4. The summed E-state index contributed by atoms with van der Waals surface area (Å²) >= 11 is 0. The molecule has 0 aliphatic heterocycles. The molecule has 2 saturated carbocycles. The average molecular weight is 511 g/mol. The Hall–Kier alpha value is -3.17. The van der Waals surface area contributed by atoms with Crippen LogP contribution in [0.15, 0.2) is 17.7 Å². The number of fused-ring (bicyclic) bond motifs is 3. The summed E-state index contributed by atoms with van der Waals surface area (Å²) in [4.78, 5) is 67.5. The molecular weight excluding hydrogens is 476 g/mol. The minimum atomic E-state index is -2.71. The number of ketones is 4. The standard InChI is InChI=1S/C28H34N2O7/c1-5-6-7-13(2)10-14-8-9-18(31)20-16(14)11-15-12-17-22(30(3)4)24(33)21(27(29)36)26(35)28(17,37)25(34)19(15)23(20)32/h8-10,15,17,19,21-22,31,37H,5-7,11-12H2,1-4H3,(H2,29,36)/b13-10+/t15-,17-,19?,21?,22-,28-/m0/s1. The number of amides is 1. The number of likely N-dealkylation sites (N-methyl/N-ethyl adjacent to an activating group) is 1. The highest BCUT2D eigenvalue weighted by molar-refractivity contribution is 6.32. The maximum Gasteiger partial charge on any atom is 0.235 e. The highest BCUT2D eigenvalue weighted by atomic mass is 16.3. The van der Waals surface area contributed by atoms with Gasteiger partial charge in [-0.05, 0) is 69.8 Å². The van der Waals surface area contributed by atoms with Crippen molar-refractivity contribution in [1.82, 2.24) is 4.90 Å². The van der Waals surface area contributed by atoms with Crippen molar-refractivity contribution in [2.45, 2.75) is 57.6 Å². The second-order valence-electron chi connectivity index (χ2n) is 10.9. The van der Waals surface area contributed by atoms with Gasteiger partial charge in [0, 0.05) is 5.92 Å². The van der Waals surface area contributed by atoms with E-state index < -0.39 is 64.4 Å². The maximum absolute atomic E-state index is 13.8. The van der Waals surface area contributed by atoms with Crippen molar-refractivity contribution >= 4 is 35.1 Å². The summed E-state index contributed by atoms with van der Waals surface area (Å²) in [6.07, 6.45) is 5.21. The van der Waals surface area contributed by atoms with Crippen molar-refractivity contribution in [3.63, 3.8) is 0 Å². The minimum absolute atomic E-state index is 0.0173. The number of phenols is 1. The number of phenolic OH excluding ortho intramolecular Hbond substituents is 1. The Kier molecular flexibility index (Phi) is 6.98. The zero-order valence-corrected chi connectivity index (χ0v) is 21.6. The van der Waals surface area contributed by atoms with Crippen LogP contribution in [0.5, 0.6) is 5.75 Å². The fraction of sp³-hybridized carbons (Fsp3) is 0.536. The van der Waals surface area contributed by atoms with Crippen LogP contribution in [0.4, 0.5) is 0 Å². The monoisotopic (exact) mass is 510 g/mol. The number of nitrogens with two attached hydrogens (primary N) is 1. The van der Waals surface area contributed by atoms with E-state index in [0.29, 0.717) is 5.56 Å². The van der Waals surface area contributed by atoms with Crippen LogP contribution in [0.25, 0.3) is 6.08 Å². The third kappa shape index (κ3) is 4.05. The van der Waals surface area contributed by atoms with Gasteiger partial charge in [0.05, 0.1) is 17.5 Å². The van der Waals surface area contributed by atoms with E-state index in [1.54, 1.807) is 20.2 Å². The molecule has 0 radical (unpaired) electrons. The second-order valence-corrected chi connectivity index (χ2v) is 10.9. The Bertz CT molecular complexity index is 1230. The molecule has 0 spiro atoms. The van der Waals surface area contributed by atoms with Gasteiger partial charge in [-0.25, -0.2) is 0 Å². The van der Waals surface area contributed by atoms with Crippen molar-refractivity contribution < 1.29 is 34.2 Å². The van der Waals surface area contributed by atoms with E-state index in [1.165, 1.54) is 11.0 Å². The van der Waals surface area contributed by atoms with Gasteiger partial charge in [0.25, 0.3) is 0 Å². The molecule has 9 heteroatoms. The van der Waals surface area contributed by atoms with E-state index in [9.17, 15) is 34.2 Å². The molecule has 198 valence electrons. The highest BCUT2D eigenvalue weighted by Gasteiger charge is 2.69. The van der Waals surface area contributed by atoms with E-state index in [-0.39, 0.29) is 24.2 Å². The number of hydrogen-bond donors (Lipinski definition) is 3. The quantitative estimate of drug-likeness (QED) is 0.486. The maximum atomic E-state index is 13.8. The van der Waals surface area contributed by atoms with E-state index >= 15 is 0 Å². The van der Waals surface area contributed by atoms with Gasteiger partial charge in [-0.1, -0.05) is 31.1 Å². The first-order valence-corrected chi connectivity index (χ1v) is 12.7. The topological polar surface area (TPSA) is 155 Å². The van der Waals surface area contributed by atoms with Gasteiger partial charge in [0.2, 0.25) is 5.91 Å². The molecule has 1 amide bonds. The van der Waals surface area contributed by atoms with Gasteiger partial charge in [-0.3, -0.25) is 28.9 Å². The van der Waals surface area contributed by atoms with E-state index in [0.717, 1.165) is 30.4 Å². The van der Waals surface area contributed by atoms with Crippen LogP contribution in [0.2, 0.25) is 0 Å². The zero-order valence-electron chi connectivity index (χ0n) is 21.6. The molecule has 6 atom stereocenters. The molecule has 4 rings (SSSR count). The van der Waals surface area contributed by atoms with E-state index in [2.05, 4.69) is 6.92 Å². The van der Waals surface area contributed by atoms with E-state index in [4.69, 9.17) is 5.73 Å². The summed E-state index contributed by atoms with van der Waals surface area (Å²) in [5.74, 6) is -10.3. The molecule has 0 aromatic heterocycles. The summed E-state index contributed by atoms with van der Waals surface area (Å²) in [5, 5.41) is 22.2. The number of nitrogens with zero attached hydrogens (tertiary/aromatic N) is 1. The lowest BCUT2D eigenvalue weighted by atomic mass is 9.52. The van der Waals surface area contributed by atoms with Crippen molar-refractivity contribution in [3.05, 3.63) is 34.4 Å². The Balaban J connectivity index is 1.83. The number of carbonyl (C=O) groups excluding carboxylic acids is 5. The Morgan fingerprint density at radius 1 is 1.19 bits per heavy atom. The molecule has 4 N–H and O–H groups in total. The van der Waals surface area contributed by atoms with Crippen LogP contribution < -0.4 is 5.73 Å². The largest absolute Gasteiger partial charge is 0.507 e. The fourth-order valence-corrected chi connectivity index (χ4v) is 6.56. The molecule has 2 fully saturated rings. The lowest BCUT2D eigenvalue weighted by molar-refractivity contribution is -0.181. The molecule has 0 bridgehead atoms. The zero-order chi connectivity index (χ0) is 27.4. The van der Waals surface area contributed by atoms with Gasteiger partial charge in [-0.2, -0.15) is 0 Å². The van der Waals surface area contributed by atoms with Gasteiger partial charge < -0.3 is 15.9 Å². The normalized spacial score (nSPS) is 31.7. The van der Waals surface area contributed by atoms with Crippen molar-refractivity contribution in [1.29, 1.82) is 0 Å². The number of Topliss-reactive ketones (excluding diaryl/α,β-unsaturated/α-hetero) is 4. The minimum Gasteiger partial charge on any atom is -0.507 e. The number of carbonyl (C=O) groups is 5. The summed E-state index contributed by atoms with van der Waals surface area (Å²) in [6, 6.07) is 2.05. The molecule has 0 heterocycles. The van der Waals surface area contributed by atoms with Crippen molar-refractivity contribution in [2.75, 3.05) is 14.1 Å². The molecule has 1 aromatic rings. The average Bonchev–Trinajstić information content (AvgIpc) is 2.81. The van der Waals surface area contributed by atoms with Crippen LogP contribution in [-0.2, 0) is 25.6 Å². The Morgan fingerprint density at radius 3 is 2.46 bits per heavy atom. The van der Waals surface area contributed by atoms with Crippen LogP contribution in [0.1, 0.15) is 61.0 Å². The highest BCUT2D eigenvalue weighted by Crippen LogP contribution is 2.51. The van der Waals surface area contributed by atoms with Crippen LogP contribution in [-0.4, -0.2) is 69.9 Å². The lowest BCUT2D eigenvalue weighted by Gasteiger charge is -2.52. The lowest BCUT2D eigenvalue weighted by Crippen LogP contribution is -2.74. The van der Waals surface area contributed by atoms with Crippen LogP contribution in [0.3, 0.4) is 0 Å². The number of aliphatic hydroxyl groups is 1. The SMILES string of the molecule is CCCC/C(C)=C/c1ccc(O)c2c1C[C@H]1C[C@H]3[C@H](N(C)C)C(=O)C(C(N)=O)C(=O)[C@@]3(O)C(=O)C1C2=O. The van der Waals surface area contributed by atoms with E-state index in [1.807, 2.05) is 13.0 Å². The summed E-state index contributed by atoms with van der Waals surface area (Å²) in [5.41, 5.74) is 5.16. The number of unbranched alkanes of at least 4 members (excludes halogenated alkanes) is 1. The number of benzene rings is 1. The summed E-state index contributed by atoms with van der Waals surface area (Å²) in [7, 11) is 3.13. The smallest absolute Gasteiger partial charge is 0.235 e. The predicted molar refractivity (Wildman–Crippen MR) is 135 cm³/mol. The number of primary amides is 1. The summed E-state index contributed by atoms with van der Waals surface area (Å²) < 4.78 is 0. The number of aromatic hydroxyl groups is 1. The van der Waals surface area contributed by atoms with Crippen molar-refractivity contribution in [3.8, 4) is 5.75 Å². The first-order valence-electron chi connectivity index (χ1n) is 12.7. The van der Waals surface area contributed by atoms with Gasteiger partial charge in [-0.15, -0.1) is 0 Å². The third-order valence-corrected chi connectivity index (χ3v) is 8.31. The number of rotatable bonds is 6. The molecule has 37 heavy (non-hydrogen) atoms. The van der Waals surface area contributed by atoms with Gasteiger partial charge in [0.15, 0.2) is 34.7 Å². The number of allylic oxidation sites excluding steroid dienone is 1. The van der Waals surface area contributed by atoms with Gasteiger partial charge in [0.1, 0.15) is 5.75 Å². The van der Waals surface area contributed by atoms with Crippen LogP contribution >= 0.6 is 0 Å². The third-order valence-electron chi connectivity index (χ3n) is 8.31. The predicted octanol–water partition coefficient (Wildman–Crippen LogP) is 1.46. The molecule has 0 saturated heterocycles. The molecular formula is C28H34N2O7. The Labute approximate surface area is 215 Å². The van der Waals surface area contributed by atoms with Gasteiger partial charge >= 0.3 is 0 Å². The molecule has 3 aliphatic rings. The molecule has 2 unspecified atom stereocenters.